The minimum absolute atomic E-state index is 0.212. The van der Waals surface area contributed by atoms with Gasteiger partial charge in [-0.1, -0.05) is 47.2 Å². The fourth-order valence-corrected chi connectivity index (χ4v) is 5.20. The van der Waals surface area contributed by atoms with E-state index in [4.69, 9.17) is 16.3 Å². The molecule has 158 valence electrons. The fraction of sp³-hybridized carbons (Fsp3) is 0.174. The number of carbonyl (C=O) groups is 1. The second-order valence-corrected chi connectivity index (χ2v) is 9.23. The van der Waals surface area contributed by atoms with Gasteiger partial charge in [0.25, 0.3) is 5.56 Å². The van der Waals surface area contributed by atoms with Gasteiger partial charge in [-0.25, -0.2) is 9.79 Å². The Morgan fingerprint density at radius 2 is 2.00 bits per heavy atom. The molecule has 2 heterocycles. The van der Waals surface area contributed by atoms with Gasteiger partial charge in [-0.2, -0.15) is 0 Å². The number of thioether (sulfide) groups is 1. The number of allylic oxidation sites excluding steroid dienone is 1. The zero-order valence-corrected chi connectivity index (χ0v) is 19.5. The van der Waals surface area contributed by atoms with Crippen LogP contribution in [0.4, 0.5) is 0 Å². The third kappa shape index (κ3) is 4.13. The van der Waals surface area contributed by atoms with Crippen LogP contribution in [0.15, 0.2) is 74.5 Å². The maximum atomic E-state index is 13.4. The number of hydrogen-bond donors (Lipinski definition) is 0. The van der Waals surface area contributed by atoms with Crippen molar-refractivity contribution in [2.75, 3.05) is 13.4 Å². The van der Waals surface area contributed by atoms with E-state index in [1.807, 2.05) is 42.7 Å². The molecule has 1 aromatic heterocycles. The number of nitrogens with zero attached hydrogens (tertiary/aromatic N) is 2. The van der Waals surface area contributed by atoms with Crippen LogP contribution < -0.4 is 14.9 Å². The van der Waals surface area contributed by atoms with Crippen molar-refractivity contribution >= 4 is 46.7 Å². The number of aromatic nitrogens is 1. The maximum absolute atomic E-state index is 13.4. The van der Waals surface area contributed by atoms with Crippen molar-refractivity contribution in [2.24, 2.45) is 4.99 Å². The Balaban J connectivity index is 1.96. The van der Waals surface area contributed by atoms with Gasteiger partial charge in [-0.3, -0.25) is 9.36 Å². The first kappa shape index (κ1) is 21.6. The molecule has 5 nitrogen and oxygen atoms in total. The summed E-state index contributed by atoms with van der Waals surface area (Å²) >= 11 is 9.01. The Kier molecular flexibility index (Phi) is 6.18. The van der Waals surface area contributed by atoms with E-state index in [-0.39, 0.29) is 5.56 Å². The Bertz CT molecular complexity index is 1370. The molecule has 3 aromatic rings. The highest BCUT2D eigenvalue weighted by Crippen LogP contribution is 2.31. The lowest BCUT2D eigenvalue weighted by atomic mass is 9.96. The Morgan fingerprint density at radius 3 is 2.65 bits per heavy atom. The molecule has 4 rings (SSSR count). The molecule has 0 amide bonds. The van der Waals surface area contributed by atoms with Crippen LogP contribution in [0.3, 0.4) is 0 Å². The van der Waals surface area contributed by atoms with Crippen molar-refractivity contribution < 1.29 is 9.53 Å². The van der Waals surface area contributed by atoms with Crippen molar-refractivity contribution in [1.29, 1.82) is 0 Å². The number of rotatable bonds is 4. The van der Waals surface area contributed by atoms with Gasteiger partial charge >= 0.3 is 5.97 Å². The van der Waals surface area contributed by atoms with Crippen LogP contribution in [0.2, 0.25) is 5.02 Å². The fourth-order valence-electron chi connectivity index (χ4n) is 3.54. The SMILES string of the molecule is COC(=O)C1=C(C)N=c2s/c(=C/c3cccc(Cl)c3)c(=O)n2[C@@H]1c1ccc(SC)cc1. The van der Waals surface area contributed by atoms with Crippen molar-refractivity contribution in [3.05, 3.63) is 95.6 Å². The topological polar surface area (TPSA) is 60.7 Å². The molecule has 0 fully saturated rings. The highest BCUT2D eigenvalue weighted by Gasteiger charge is 2.33. The Labute approximate surface area is 192 Å². The molecule has 0 saturated carbocycles. The number of esters is 1. The van der Waals surface area contributed by atoms with Gasteiger partial charge in [0.2, 0.25) is 0 Å². The molecule has 0 unspecified atom stereocenters. The average Bonchev–Trinajstić information content (AvgIpc) is 3.07. The highest BCUT2D eigenvalue weighted by molar-refractivity contribution is 7.98. The lowest BCUT2D eigenvalue weighted by Crippen LogP contribution is -2.39. The lowest BCUT2D eigenvalue weighted by molar-refractivity contribution is -0.136. The van der Waals surface area contributed by atoms with E-state index in [9.17, 15) is 9.59 Å². The van der Waals surface area contributed by atoms with Gasteiger partial charge in [-0.05, 0) is 54.6 Å². The first-order valence-electron chi connectivity index (χ1n) is 9.43. The van der Waals surface area contributed by atoms with Gasteiger partial charge in [-0.15, -0.1) is 11.8 Å². The van der Waals surface area contributed by atoms with E-state index in [2.05, 4.69) is 4.99 Å². The molecular weight excluding hydrogens is 452 g/mol. The van der Waals surface area contributed by atoms with Crippen molar-refractivity contribution in [3.8, 4) is 0 Å². The normalized spacial score (nSPS) is 16.1. The quantitative estimate of drug-likeness (QED) is 0.430. The zero-order valence-electron chi connectivity index (χ0n) is 17.1. The van der Waals surface area contributed by atoms with Gasteiger partial charge in [0.15, 0.2) is 4.80 Å². The van der Waals surface area contributed by atoms with E-state index in [0.717, 1.165) is 16.0 Å². The Hall–Kier alpha value is -2.61. The number of ether oxygens (including phenoxy) is 1. The Morgan fingerprint density at radius 1 is 1.26 bits per heavy atom. The van der Waals surface area contributed by atoms with Gasteiger partial charge in [0.1, 0.15) is 0 Å². The number of fused-ring (bicyclic) bond motifs is 1. The number of halogens is 1. The molecule has 1 atom stereocenters. The van der Waals surface area contributed by atoms with E-state index >= 15 is 0 Å². The molecular formula is C23H19ClN2O3S2. The second kappa shape index (κ2) is 8.86. The molecule has 0 radical (unpaired) electrons. The van der Waals surface area contributed by atoms with Crippen LogP contribution in [0, 0.1) is 0 Å². The molecule has 0 saturated heterocycles. The monoisotopic (exact) mass is 470 g/mol. The van der Waals surface area contributed by atoms with Crippen molar-refractivity contribution in [2.45, 2.75) is 17.9 Å². The first-order chi connectivity index (χ1) is 14.9. The number of thiazole rings is 1. The first-order valence-corrected chi connectivity index (χ1v) is 11.8. The zero-order chi connectivity index (χ0) is 22.1. The molecule has 8 heteroatoms. The predicted molar refractivity (Wildman–Crippen MR) is 125 cm³/mol. The summed E-state index contributed by atoms with van der Waals surface area (Å²) in [5.74, 6) is -0.496. The summed E-state index contributed by atoms with van der Waals surface area (Å²) < 4.78 is 7.13. The smallest absolute Gasteiger partial charge is 0.338 e. The largest absolute Gasteiger partial charge is 0.466 e. The predicted octanol–water partition coefficient (Wildman–Crippen LogP) is 3.78. The minimum Gasteiger partial charge on any atom is -0.466 e. The summed E-state index contributed by atoms with van der Waals surface area (Å²) in [6, 6.07) is 14.5. The second-order valence-electron chi connectivity index (χ2n) is 6.90. The maximum Gasteiger partial charge on any atom is 0.338 e. The third-order valence-corrected chi connectivity index (χ3v) is 6.97. The summed E-state index contributed by atoms with van der Waals surface area (Å²) in [4.78, 5) is 32.3. The lowest BCUT2D eigenvalue weighted by Gasteiger charge is -2.24. The van der Waals surface area contributed by atoms with Crippen LogP contribution >= 0.6 is 34.7 Å². The molecule has 2 aromatic carbocycles. The molecule has 0 aliphatic carbocycles. The van der Waals surface area contributed by atoms with E-state index < -0.39 is 12.0 Å². The van der Waals surface area contributed by atoms with Crippen LogP contribution in [0.1, 0.15) is 24.1 Å². The summed E-state index contributed by atoms with van der Waals surface area (Å²) in [7, 11) is 1.33. The van der Waals surface area contributed by atoms with Gasteiger partial charge in [0.05, 0.1) is 29.0 Å². The van der Waals surface area contributed by atoms with Crippen molar-refractivity contribution in [3.63, 3.8) is 0 Å². The summed E-state index contributed by atoms with van der Waals surface area (Å²) in [5, 5.41) is 0.595. The van der Waals surface area contributed by atoms with Gasteiger partial charge < -0.3 is 4.74 Å². The third-order valence-electron chi connectivity index (χ3n) is 5.00. The summed E-state index contributed by atoms with van der Waals surface area (Å²) in [5.41, 5.74) is 2.34. The standard InChI is InChI=1S/C23H19ClN2O3S2/c1-13-19(22(28)29-2)20(15-7-9-17(30-3)10-8-15)26-21(27)18(31-23(26)25-13)12-14-5-4-6-16(24)11-14/h4-12,20H,1-3H3/b18-12+/t20-/m1/s1. The average molecular weight is 471 g/mol. The van der Waals surface area contributed by atoms with Crippen LogP contribution in [-0.2, 0) is 9.53 Å². The van der Waals surface area contributed by atoms with E-state index in [0.29, 0.717) is 25.6 Å². The number of methoxy groups -OCH3 is 1. The molecule has 1 aliphatic heterocycles. The van der Waals surface area contributed by atoms with Gasteiger partial charge in [0, 0.05) is 9.92 Å². The van der Waals surface area contributed by atoms with E-state index in [1.165, 1.54) is 18.4 Å². The molecule has 0 N–H and O–H groups in total. The molecule has 31 heavy (non-hydrogen) atoms. The van der Waals surface area contributed by atoms with E-state index in [1.54, 1.807) is 41.5 Å². The minimum atomic E-state index is -0.610. The summed E-state index contributed by atoms with van der Waals surface area (Å²) in [6.07, 6.45) is 3.79. The molecule has 0 bridgehead atoms. The van der Waals surface area contributed by atoms with Crippen LogP contribution in [0.5, 0.6) is 0 Å². The summed E-state index contributed by atoms with van der Waals surface area (Å²) in [6.45, 7) is 1.77. The number of carbonyl (C=O) groups excluding carboxylic acids is 1. The van der Waals surface area contributed by atoms with Crippen LogP contribution in [-0.4, -0.2) is 23.9 Å². The van der Waals surface area contributed by atoms with Crippen molar-refractivity contribution in [1.82, 2.24) is 4.57 Å². The highest BCUT2D eigenvalue weighted by atomic mass is 35.5. The molecule has 1 aliphatic rings. The molecule has 0 spiro atoms. The number of hydrogen-bond acceptors (Lipinski definition) is 6. The van der Waals surface area contributed by atoms with Crippen LogP contribution in [0.25, 0.3) is 6.08 Å². The number of benzene rings is 2.